The van der Waals surface area contributed by atoms with Gasteiger partial charge in [-0.3, -0.25) is 4.79 Å². The number of aromatic amines is 1. The van der Waals surface area contributed by atoms with E-state index >= 15 is 0 Å². The Hall–Kier alpha value is -2.08. The van der Waals surface area contributed by atoms with E-state index in [1.54, 1.807) is 13.0 Å². The number of carbonyl (C=O) groups is 2. The van der Waals surface area contributed by atoms with Crippen LogP contribution in [0.2, 0.25) is 0 Å². The van der Waals surface area contributed by atoms with Crippen LogP contribution < -0.4 is 5.32 Å². The molecule has 5 nitrogen and oxygen atoms in total. The van der Waals surface area contributed by atoms with E-state index in [0.717, 1.165) is 16.9 Å². The molecule has 0 spiro atoms. The van der Waals surface area contributed by atoms with E-state index in [2.05, 4.69) is 10.3 Å². The lowest BCUT2D eigenvalue weighted by Crippen LogP contribution is -2.12. The number of amides is 1. The molecule has 0 atom stereocenters. The molecule has 0 bridgehead atoms. The number of carboxylic acid groups (broad SMARTS) is 1. The summed E-state index contributed by atoms with van der Waals surface area (Å²) in [5, 5.41) is 11.7. The van der Waals surface area contributed by atoms with Gasteiger partial charge in [-0.1, -0.05) is 6.92 Å². The van der Waals surface area contributed by atoms with Gasteiger partial charge in [0.25, 0.3) is 5.91 Å². The minimum absolute atomic E-state index is 0.000145. The number of aryl methyl sites for hydroxylation is 3. The summed E-state index contributed by atoms with van der Waals surface area (Å²) in [6.07, 6.45) is 0.874. The number of anilines is 1. The molecule has 20 heavy (non-hydrogen) atoms. The number of H-pyrrole nitrogens is 1. The molecular formula is C14H16N2O3S. The van der Waals surface area contributed by atoms with Gasteiger partial charge in [-0.15, -0.1) is 11.3 Å². The minimum atomic E-state index is -1.09. The fourth-order valence-electron chi connectivity index (χ4n) is 2.02. The summed E-state index contributed by atoms with van der Waals surface area (Å²) in [7, 11) is 0. The number of hydrogen-bond donors (Lipinski definition) is 3. The number of carbonyl (C=O) groups excluding carboxylic acids is 1. The Morgan fingerprint density at radius 2 is 2.05 bits per heavy atom. The number of rotatable bonds is 4. The van der Waals surface area contributed by atoms with Crippen molar-refractivity contribution in [3.63, 3.8) is 0 Å². The maximum atomic E-state index is 12.2. The SMILES string of the molecule is CCc1cc(C(=O)Nc2cc(C)[nH]c2C(=O)O)sc1C. The third kappa shape index (κ3) is 2.75. The van der Waals surface area contributed by atoms with Gasteiger partial charge in [-0.05, 0) is 38.0 Å². The van der Waals surface area contributed by atoms with Crippen molar-refractivity contribution in [2.75, 3.05) is 5.32 Å². The first-order valence-electron chi connectivity index (χ1n) is 6.26. The van der Waals surface area contributed by atoms with Crippen LogP contribution in [-0.2, 0) is 6.42 Å². The average Bonchev–Trinajstić information content (AvgIpc) is 2.92. The molecule has 2 rings (SSSR count). The van der Waals surface area contributed by atoms with Crippen molar-refractivity contribution in [2.24, 2.45) is 0 Å². The van der Waals surface area contributed by atoms with Gasteiger partial charge in [0.15, 0.2) is 0 Å². The van der Waals surface area contributed by atoms with Crippen molar-refractivity contribution in [1.29, 1.82) is 0 Å². The summed E-state index contributed by atoms with van der Waals surface area (Å²) < 4.78 is 0. The molecule has 106 valence electrons. The Morgan fingerprint density at radius 3 is 2.60 bits per heavy atom. The third-order valence-corrected chi connectivity index (χ3v) is 4.13. The van der Waals surface area contributed by atoms with Gasteiger partial charge in [0.2, 0.25) is 0 Å². The lowest BCUT2D eigenvalue weighted by Gasteiger charge is -2.02. The highest BCUT2D eigenvalue weighted by atomic mass is 32.1. The van der Waals surface area contributed by atoms with Crippen molar-refractivity contribution >= 4 is 28.9 Å². The molecule has 0 fully saturated rings. The van der Waals surface area contributed by atoms with Crippen LogP contribution in [0.5, 0.6) is 0 Å². The quantitative estimate of drug-likeness (QED) is 0.809. The van der Waals surface area contributed by atoms with E-state index in [0.29, 0.717) is 16.3 Å². The molecule has 1 amide bonds. The second-order valence-electron chi connectivity index (χ2n) is 4.55. The largest absolute Gasteiger partial charge is 0.477 e. The van der Waals surface area contributed by atoms with E-state index in [9.17, 15) is 9.59 Å². The van der Waals surface area contributed by atoms with E-state index in [4.69, 9.17) is 5.11 Å². The Morgan fingerprint density at radius 1 is 1.35 bits per heavy atom. The molecule has 2 heterocycles. The molecule has 0 radical (unpaired) electrons. The highest BCUT2D eigenvalue weighted by molar-refractivity contribution is 7.14. The Bertz CT molecular complexity index is 670. The topological polar surface area (TPSA) is 82.2 Å². The van der Waals surface area contributed by atoms with Gasteiger partial charge in [0, 0.05) is 10.6 Å². The second kappa shape index (κ2) is 5.50. The number of carboxylic acids is 1. The van der Waals surface area contributed by atoms with Crippen molar-refractivity contribution in [3.05, 3.63) is 38.8 Å². The summed E-state index contributed by atoms with van der Waals surface area (Å²) >= 11 is 1.42. The first-order chi connectivity index (χ1) is 9.42. The van der Waals surface area contributed by atoms with Crippen LogP contribution in [-0.4, -0.2) is 22.0 Å². The fraction of sp³-hybridized carbons (Fsp3) is 0.286. The van der Waals surface area contributed by atoms with Gasteiger partial charge in [0.05, 0.1) is 10.6 Å². The van der Waals surface area contributed by atoms with Crippen LogP contribution in [0, 0.1) is 13.8 Å². The maximum Gasteiger partial charge on any atom is 0.354 e. The fourth-order valence-corrected chi connectivity index (χ4v) is 3.03. The van der Waals surface area contributed by atoms with Gasteiger partial charge in [0.1, 0.15) is 5.69 Å². The summed E-state index contributed by atoms with van der Waals surface area (Å²) in [4.78, 5) is 27.7. The molecule has 0 saturated carbocycles. The smallest absolute Gasteiger partial charge is 0.354 e. The average molecular weight is 292 g/mol. The Balaban J connectivity index is 2.25. The first-order valence-corrected chi connectivity index (χ1v) is 7.07. The zero-order chi connectivity index (χ0) is 14.9. The molecule has 0 saturated heterocycles. The molecule has 0 aromatic carbocycles. The van der Waals surface area contributed by atoms with Gasteiger partial charge >= 0.3 is 5.97 Å². The van der Waals surface area contributed by atoms with Gasteiger partial charge < -0.3 is 15.4 Å². The van der Waals surface area contributed by atoms with Crippen LogP contribution >= 0.6 is 11.3 Å². The molecule has 3 N–H and O–H groups in total. The molecule has 0 aliphatic heterocycles. The maximum absolute atomic E-state index is 12.2. The van der Waals surface area contributed by atoms with Crippen molar-refractivity contribution in [3.8, 4) is 0 Å². The molecule has 0 aliphatic rings. The molecular weight excluding hydrogens is 276 g/mol. The summed E-state index contributed by atoms with van der Waals surface area (Å²) in [6, 6.07) is 3.47. The zero-order valence-electron chi connectivity index (χ0n) is 11.5. The normalized spacial score (nSPS) is 10.6. The molecule has 2 aromatic rings. The van der Waals surface area contributed by atoms with Crippen molar-refractivity contribution in [2.45, 2.75) is 27.2 Å². The minimum Gasteiger partial charge on any atom is -0.477 e. The van der Waals surface area contributed by atoms with Crippen molar-refractivity contribution < 1.29 is 14.7 Å². The highest BCUT2D eigenvalue weighted by Crippen LogP contribution is 2.24. The number of aromatic nitrogens is 1. The summed E-state index contributed by atoms with van der Waals surface area (Å²) in [5.41, 5.74) is 2.13. The monoisotopic (exact) mass is 292 g/mol. The predicted molar refractivity (Wildman–Crippen MR) is 78.9 cm³/mol. The number of nitrogens with one attached hydrogen (secondary N) is 2. The van der Waals surface area contributed by atoms with Crippen LogP contribution in [0.4, 0.5) is 5.69 Å². The van der Waals surface area contributed by atoms with Gasteiger partial charge in [-0.2, -0.15) is 0 Å². The van der Waals surface area contributed by atoms with Crippen LogP contribution in [0.3, 0.4) is 0 Å². The number of aromatic carboxylic acids is 1. The number of thiophene rings is 1. The zero-order valence-corrected chi connectivity index (χ0v) is 12.4. The van der Waals surface area contributed by atoms with Crippen LogP contribution in [0.25, 0.3) is 0 Å². The van der Waals surface area contributed by atoms with E-state index < -0.39 is 5.97 Å². The predicted octanol–water partition coefficient (Wildman–Crippen LogP) is 3.21. The van der Waals surface area contributed by atoms with E-state index in [1.807, 2.05) is 19.9 Å². The van der Waals surface area contributed by atoms with Crippen LogP contribution in [0.1, 0.15) is 43.2 Å². The lowest BCUT2D eigenvalue weighted by molar-refractivity contribution is 0.0692. The van der Waals surface area contributed by atoms with Crippen molar-refractivity contribution in [1.82, 2.24) is 4.98 Å². The Labute approximate surface area is 120 Å². The van der Waals surface area contributed by atoms with Crippen LogP contribution in [0.15, 0.2) is 12.1 Å². The standard InChI is InChI=1S/C14H16N2O3S/c1-4-9-6-11(20-8(9)3)13(17)16-10-5-7(2)15-12(10)14(18)19/h5-6,15H,4H2,1-3H3,(H,16,17)(H,18,19). The van der Waals surface area contributed by atoms with E-state index in [1.165, 1.54) is 11.3 Å². The summed E-state index contributed by atoms with van der Waals surface area (Å²) in [6.45, 7) is 5.75. The first kappa shape index (κ1) is 14.3. The highest BCUT2D eigenvalue weighted by Gasteiger charge is 2.17. The molecule has 6 heteroatoms. The Kier molecular flexibility index (Phi) is 3.94. The number of hydrogen-bond acceptors (Lipinski definition) is 3. The summed E-state index contributed by atoms with van der Waals surface area (Å²) in [5.74, 6) is -1.37. The van der Waals surface area contributed by atoms with E-state index in [-0.39, 0.29) is 11.6 Å². The lowest BCUT2D eigenvalue weighted by atomic mass is 10.2. The van der Waals surface area contributed by atoms with Gasteiger partial charge in [-0.25, -0.2) is 4.79 Å². The molecule has 0 unspecified atom stereocenters. The molecule has 2 aromatic heterocycles. The molecule has 0 aliphatic carbocycles. The second-order valence-corrected chi connectivity index (χ2v) is 5.80. The third-order valence-electron chi connectivity index (χ3n) is 3.04.